The lowest BCUT2D eigenvalue weighted by atomic mass is 10.2. The van der Waals surface area contributed by atoms with Crippen LogP contribution in [-0.4, -0.2) is 39.4 Å². The SMILES string of the molecule is C=CCN(CC(=O)Nc1nc(-c2ccccc2)cn1-c1cccc(C)c1)C(=O)CC. The van der Waals surface area contributed by atoms with E-state index in [4.69, 9.17) is 0 Å². The van der Waals surface area contributed by atoms with Crippen molar-refractivity contribution in [2.24, 2.45) is 0 Å². The summed E-state index contributed by atoms with van der Waals surface area (Å²) in [4.78, 5) is 30.9. The van der Waals surface area contributed by atoms with Crippen LogP contribution < -0.4 is 5.32 Å². The van der Waals surface area contributed by atoms with Gasteiger partial charge in [0.05, 0.1) is 5.69 Å². The third kappa shape index (κ3) is 5.03. The fraction of sp³-hybridized carbons (Fsp3) is 0.208. The maximum Gasteiger partial charge on any atom is 0.246 e. The van der Waals surface area contributed by atoms with Gasteiger partial charge in [-0.2, -0.15) is 0 Å². The molecule has 3 aromatic rings. The van der Waals surface area contributed by atoms with Gasteiger partial charge in [-0.3, -0.25) is 19.5 Å². The zero-order valence-electron chi connectivity index (χ0n) is 17.3. The van der Waals surface area contributed by atoms with Gasteiger partial charge in [0.15, 0.2) is 0 Å². The first-order valence-corrected chi connectivity index (χ1v) is 9.92. The number of nitrogens with one attached hydrogen (secondary N) is 1. The van der Waals surface area contributed by atoms with E-state index in [1.165, 1.54) is 4.90 Å². The van der Waals surface area contributed by atoms with Crippen molar-refractivity contribution >= 4 is 17.8 Å². The zero-order chi connectivity index (χ0) is 21.5. The summed E-state index contributed by atoms with van der Waals surface area (Å²) in [5, 5.41) is 2.87. The highest BCUT2D eigenvalue weighted by Crippen LogP contribution is 2.24. The van der Waals surface area contributed by atoms with Gasteiger partial charge in [-0.15, -0.1) is 6.58 Å². The topological polar surface area (TPSA) is 67.2 Å². The number of aryl methyl sites for hydroxylation is 1. The number of hydrogen-bond donors (Lipinski definition) is 1. The van der Waals surface area contributed by atoms with E-state index in [-0.39, 0.29) is 18.4 Å². The summed E-state index contributed by atoms with van der Waals surface area (Å²) in [5.74, 6) is 0.00164. The normalized spacial score (nSPS) is 10.5. The Bertz CT molecular complexity index is 1040. The van der Waals surface area contributed by atoms with Crippen LogP contribution in [0.15, 0.2) is 73.4 Å². The summed E-state index contributed by atoms with van der Waals surface area (Å²) in [6, 6.07) is 17.7. The molecule has 0 unspecified atom stereocenters. The van der Waals surface area contributed by atoms with Crippen molar-refractivity contribution in [3.8, 4) is 16.9 Å². The molecule has 1 N–H and O–H groups in total. The molecular formula is C24H26N4O2. The van der Waals surface area contributed by atoms with Crippen LogP contribution in [0.25, 0.3) is 16.9 Å². The molecule has 3 rings (SSSR count). The van der Waals surface area contributed by atoms with Gasteiger partial charge in [0, 0.05) is 30.4 Å². The Morgan fingerprint density at radius 1 is 1.17 bits per heavy atom. The maximum atomic E-state index is 12.7. The molecule has 0 bridgehead atoms. The molecule has 6 nitrogen and oxygen atoms in total. The van der Waals surface area contributed by atoms with Gasteiger partial charge in [0.2, 0.25) is 17.8 Å². The Morgan fingerprint density at radius 3 is 2.60 bits per heavy atom. The van der Waals surface area contributed by atoms with Crippen LogP contribution in [0.3, 0.4) is 0 Å². The highest BCUT2D eigenvalue weighted by molar-refractivity contribution is 5.93. The maximum absolute atomic E-state index is 12.7. The summed E-state index contributed by atoms with van der Waals surface area (Å²) < 4.78 is 1.85. The average molecular weight is 402 g/mol. The second-order valence-electron chi connectivity index (χ2n) is 6.99. The monoisotopic (exact) mass is 402 g/mol. The second kappa shape index (κ2) is 9.69. The van der Waals surface area contributed by atoms with Gasteiger partial charge < -0.3 is 4.90 Å². The number of hydrogen-bond acceptors (Lipinski definition) is 3. The number of amides is 2. The molecule has 2 amide bonds. The predicted octanol–water partition coefficient (Wildman–Crippen LogP) is 4.21. The fourth-order valence-corrected chi connectivity index (χ4v) is 3.16. The van der Waals surface area contributed by atoms with Gasteiger partial charge in [0.25, 0.3) is 0 Å². The summed E-state index contributed by atoms with van der Waals surface area (Å²) in [7, 11) is 0. The molecule has 0 radical (unpaired) electrons. The quantitative estimate of drug-likeness (QED) is 0.574. The number of nitrogens with zero attached hydrogens (tertiary/aromatic N) is 3. The number of imidazole rings is 1. The van der Waals surface area contributed by atoms with Crippen molar-refractivity contribution < 1.29 is 9.59 Å². The highest BCUT2D eigenvalue weighted by atomic mass is 16.2. The molecule has 0 saturated carbocycles. The van der Waals surface area contributed by atoms with Gasteiger partial charge in [-0.1, -0.05) is 55.5 Å². The molecule has 0 aliphatic heterocycles. The molecule has 0 aliphatic rings. The molecule has 154 valence electrons. The summed E-state index contributed by atoms with van der Waals surface area (Å²) in [5.41, 5.74) is 3.70. The first-order valence-electron chi connectivity index (χ1n) is 9.92. The van der Waals surface area contributed by atoms with Crippen molar-refractivity contribution in [3.05, 3.63) is 79.0 Å². The lowest BCUT2D eigenvalue weighted by Crippen LogP contribution is -2.38. The first kappa shape index (κ1) is 21.0. The standard InChI is InChI=1S/C24H26N4O2/c1-4-14-27(23(30)5-2)17-22(29)26-24-25-21(19-11-7-6-8-12-19)16-28(24)20-13-9-10-18(3)15-20/h4,6-13,15-16H,1,5,14,17H2,2-3H3,(H,25,26,29). The van der Waals surface area contributed by atoms with Crippen LogP contribution in [0, 0.1) is 6.92 Å². The second-order valence-corrected chi connectivity index (χ2v) is 6.99. The molecule has 0 spiro atoms. The van der Waals surface area contributed by atoms with Crippen molar-refractivity contribution in [3.63, 3.8) is 0 Å². The molecule has 6 heteroatoms. The van der Waals surface area contributed by atoms with Crippen LogP contribution in [0.4, 0.5) is 5.95 Å². The van der Waals surface area contributed by atoms with E-state index in [0.29, 0.717) is 18.9 Å². The van der Waals surface area contributed by atoms with E-state index in [1.54, 1.807) is 13.0 Å². The minimum absolute atomic E-state index is 0.0555. The summed E-state index contributed by atoms with van der Waals surface area (Å²) in [6.07, 6.45) is 3.84. The molecule has 0 saturated heterocycles. The third-order valence-corrected chi connectivity index (χ3v) is 4.65. The summed E-state index contributed by atoms with van der Waals surface area (Å²) in [6.45, 7) is 7.72. The van der Waals surface area contributed by atoms with E-state index in [0.717, 1.165) is 22.5 Å². The molecule has 0 aliphatic carbocycles. The molecule has 0 atom stereocenters. The number of benzene rings is 2. The Labute approximate surface area is 176 Å². The smallest absolute Gasteiger partial charge is 0.246 e. The molecular weight excluding hydrogens is 376 g/mol. The van der Waals surface area contributed by atoms with Crippen LogP contribution in [0.2, 0.25) is 0 Å². The first-order chi connectivity index (χ1) is 14.5. The average Bonchev–Trinajstić information content (AvgIpc) is 3.17. The fourth-order valence-electron chi connectivity index (χ4n) is 3.16. The zero-order valence-corrected chi connectivity index (χ0v) is 17.3. The minimum atomic E-state index is -0.308. The largest absolute Gasteiger partial charge is 0.330 e. The van der Waals surface area contributed by atoms with Gasteiger partial charge >= 0.3 is 0 Å². The van der Waals surface area contributed by atoms with Crippen molar-refractivity contribution in [2.45, 2.75) is 20.3 Å². The number of carbonyl (C=O) groups is 2. The molecule has 30 heavy (non-hydrogen) atoms. The van der Waals surface area contributed by atoms with E-state index in [2.05, 4.69) is 16.9 Å². The molecule has 2 aromatic carbocycles. The van der Waals surface area contributed by atoms with Crippen molar-refractivity contribution in [1.29, 1.82) is 0 Å². The van der Waals surface area contributed by atoms with Crippen LogP contribution >= 0.6 is 0 Å². The number of rotatable bonds is 8. The van der Waals surface area contributed by atoms with Gasteiger partial charge in [0.1, 0.15) is 6.54 Å². The van der Waals surface area contributed by atoms with E-state index in [9.17, 15) is 9.59 Å². The Balaban J connectivity index is 1.92. The van der Waals surface area contributed by atoms with E-state index in [1.807, 2.05) is 72.3 Å². The highest BCUT2D eigenvalue weighted by Gasteiger charge is 2.18. The van der Waals surface area contributed by atoms with Crippen LogP contribution in [-0.2, 0) is 9.59 Å². The molecule has 1 aromatic heterocycles. The van der Waals surface area contributed by atoms with Crippen molar-refractivity contribution in [1.82, 2.24) is 14.5 Å². The van der Waals surface area contributed by atoms with Gasteiger partial charge in [-0.25, -0.2) is 4.98 Å². The predicted molar refractivity (Wildman–Crippen MR) is 119 cm³/mol. The lowest BCUT2D eigenvalue weighted by molar-refractivity contribution is -0.133. The number of anilines is 1. The van der Waals surface area contributed by atoms with Crippen LogP contribution in [0.5, 0.6) is 0 Å². The molecule has 1 heterocycles. The van der Waals surface area contributed by atoms with Crippen molar-refractivity contribution in [2.75, 3.05) is 18.4 Å². The Hall–Kier alpha value is -3.67. The lowest BCUT2D eigenvalue weighted by Gasteiger charge is -2.20. The number of carbonyl (C=O) groups excluding carboxylic acids is 2. The third-order valence-electron chi connectivity index (χ3n) is 4.65. The minimum Gasteiger partial charge on any atom is -0.330 e. The number of aromatic nitrogens is 2. The Kier molecular flexibility index (Phi) is 6.80. The van der Waals surface area contributed by atoms with Crippen LogP contribution in [0.1, 0.15) is 18.9 Å². The molecule has 0 fully saturated rings. The summed E-state index contributed by atoms with van der Waals surface area (Å²) >= 11 is 0. The van der Waals surface area contributed by atoms with E-state index < -0.39 is 0 Å². The van der Waals surface area contributed by atoms with E-state index >= 15 is 0 Å². The Morgan fingerprint density at radius 2 is 1.93 bits per heavy atom. The van der Waals surface area contributed by atoms with Gasteiger partial charge in [-0.05, 0) is 24.6 Å².